The van der Waals surface area contributed by atoms with Crippen LogP contribution in [-0.4, -0.2) is 17.6 Å². The number of carbonyl (C=O) groups excluding carboxylic acids is 1. The molecule has 8 heavy (non-hydrogen) atoms. The zero-order valence-electron chi connectivity index (χ0n) is 4.72. The third-order valence-electron chi connectivity index (χ3n) is 0.874. The summed E-state index contributed by atoms with van der Waals surface area (Å²) >= 11 is 3.87. The van der Waals surface area contributed by atoms with Crippen molar-refractivity contribution in [2.45, 2.75) is 13.0 Å². The number of nitrogens with one attached hydrogen (secondary N) is 1. The number of Topliss-reactive ketones (excluding diaryl/α,β-unsaturated/α-hetero) is 1. The Morgan fingerprint density at radius 3 is 2.50 bits per heavy atom. The minimum atomic E-state index is -0.293. The smallest absolute Gasteiger partial charge is 0.148 e. The zero-order chi connectivity index (χ0) is 6.57. The molecule has 0 aromatic rings. The summed E-state index contributed by atoms with van der Waals surface area (Å²) in [6.07, 6.45) is 0. The van der Waals surface area contributed by atoms with Crippen molar-refractivity contribution in [3.63, 3.8) is 0 Å². The Hall–Kier alpha value is -0.0600. The summed E-state index contributed by atoms with van der Waals surface area (Å²) < 4.78 is 0. The van der Waals surface area contributed by atoms with Gasteiger partial charge in [-0.1, -0.05) is 0 Å². The van der Waals surface area contributed by atoms with Crippen LogP contribution in [0.1, 0.15) is 6.92 Å². The lowest BCUT2D eigenvalue weighted by Gasteiger charge is -2.06. The number of thiol groups is 1. The Morgan fingerprint density at radius 1 is 2.00 bits per heavy atom. The predicted molar refractivity (Wildman–Crippen MR) is 35.6 cm³/mol. The van der Waals surface area contributed by atoms with Gasteiger partial charge in [0.2, 0.25) is 0 Å². The van der Waals surface area contributed by atoms with Crippen LogP contribution in [0, 0.1) is 0 Å². The molecule has 0 fully saturated rings. The quantitative estimate of drug-likeness (QED) is 0.273. The molecule has 0 amide bonds. The van der Waals surface area contributed by atoms with Gasteiger partial charge in [0.25, 0.3) is 0 Å². The Kier molecular flexibility index (Phi) is 3.85. The van der Waals surface area contributed by atoms with Crippen molar-refractivity contribution >= 4 is 18.4 Å². The molecule has 0 bridgehead atoms. The van der Waals surface area contributed by atoms with E-state index in [1.54, 1.807) is 0 Å². The second-order valence-electron chi connectivity index (χ2n) is 1.51. The number of carbonyl (C=O) groups is 1. The second kappa shape index (κ2) is 3.88. The molecule has 0 saturated heterocycles. The van der Waals surface area contributed by atoms with E-state index in [1.165, 1.54) is 6.92 Å². The lowest BCUT2D eigenvalue weighted by atomic mass is 10.2. The van der Waals surface area contributed by atoms with E-state index in [0.717, 1.165) is 0 Å². The Bertz CT molecular complexity index is 82.1. The van der Waals surface area contributed by atoms with Crippen molar-refractivity contribution in [1.82, 2.24) is 5.43 Å². The molecular weight excluding hydrogens is 124 g/mol. The van der Waals surface area contributed by atoms with Crippen molar-refractivity contribution in [1.29, 1.82) is 0 Å². The van der Waals surface area contributed by atoms with Crippen LogP contribution in [0.5, 0.6) is 0 Å². The molecule has 0 aliphatic carbocycles. The third kappa shape index (κ3) is 2.30. The highest BCUT2D eigenvalue weighted by Gasteiger charge is 2.07. The Labute approximate surface area is 54.0 Å². The van der Waals surface area contributed by atoms with Gasteiger partial charge in [-0.3, -0.25) is 10.6 Å². The molecule has 0 aliphatic rings. The predicted octanol–water partition coefficient (Wildman–Crippen LogP) is -0.663. The summed E-state index contributed by atoms with van der Waals surface area (Å²) in [5.74, 6) is 5.43. The molecule has 3 N–H and O–H groups in total. The lowest BCUT2D eigenvalue weighted by Crippen LogP contribution is -2.41. The van der Waals surface area contributed by atoms with Gasteiger partial charge in [0.15, 0.2) is 0 Å². The van der Waals surface area contributed by atoms with Crippen LogP contribution in [0.4, 0.5) is 0 Å². The SMILES string of the molecule is CC(=O)[C@H](CS)NN. The molecule has 0 saturated carbocycles. The molecule has 48 valence electrons. The van der Waals surface area contributed by atoms with E-state index >= 15 is 0 Å². The number of nitrogens with two attached hydrogens (primary N) is 1. The Balaban J connectivity index is 3.52. The molecule has 0 aliphatic heterocycles. The van der Waals surface area contributed by atoms with Gasteiger partial charge in [-0.2, -0.15) is 12.6 Å². The molecule has 0 aromatic heterocycles. The maximum Gasteiger partial charge on any atom is 0.148 e. The van der Waals surface area contributed by atoms with Gasteiger partial charge in [0.05, 0.1) is 6.04 Å². The summed E-state index contributed by atoms with van der Waals surface area (Å²) in [7, 11) is 0. The highest BCUT2D eigenvalue weighted by atomic mass is 32.1. The largest absolute Gasteiger partial charge is 0.298 e. The first-order chi connectivity index (χ1) is 3.72. The minimum absolute atomic E-state index is 0.0162. The molecule has 3 nitrogen and oxygen atoms in total. The molecule has 0 rings (SSSR count). The molecule has 4 heteroatoms. The van der Waals surface area contributed by atoms with Gasteiger partial charge in [-0.05, 0) is 6.92 Å². The van der Waals surface area contributed by atoms with Crippen LogP contribution in [0.25, 0.3) is 0 Å². The number of hydrazine groups is 1. The minimum Gasteiger partial charge on any atom is -0.298 e. The van der Waals surface area contributed by atoms with E-state index in [2.05, 4.69) is 18.1 Å². The van der Waals surface area contributed by atoms with Crippen LogP contribution in [0.15, 0.2) is 0 Å². The van der Waals surface area contributed by atoms with E-state index in [9.17, 15) is 4.79 Å². The van der Waals surface area contributed by atoms with Crippen LogP contribution < -0.4 is 11.3 Å². The number of hydrogen-bond acceptors (Lipinski definition) is 4. The average molecular weight is 134 g/mol. The number of hydrogen-bond donors (Lipinski definition) is 3. The van der Waals surface area contributed by atoms with E-state index in [-0.39, 0.29) is 11.8 Å². The molecule has 0 heterocycles. The fourth-order valence-corrected chi connectivity index (χ4v) is 0.661. The van der Waals surface area contributed by atoms with Crippen molar-refractivity contribution in [2.24, 2.45) is 5.84 Å². The number of rotatable bonds is 3. The van der Waals surface area contributed by atoms with Crippen molar-refractivity contribution in [3.05, 3.63) is 0 Å². The molecular formula is C4H10N2OS. The van der Waals surface area contributed by atoms with E-state index in [4.69, 9.17) is 5.84 Å². The van der Waals surface area contributed by atoms with Crippen LogP contribution in [0.3, 0.4) is 0 Å². The van der Waals surface area contributed by atoms with Gasteiger partial charge >= 0.3 is 0 Å². The van der Waals surface area contributed by atoms with E-state index < -0.39 is 0 Å². The number of ketones is 1. The normalized spacial score (nSPS) is 13.4. The van der Waals surface area contributed by atoms with E-state index in [1.807, 2.05) is 0 Å². The first-order valence-corrected chi connectivity index (χ1v) is 2.93. The summed E-state index contributed by atoms with van der Waals surface area (Å²) in [5, 5.41) is 0. The molecule has 1 atom stereocenters. The topological polar surface area (TPSA) is 55.1 Å². The van der Waals surface area contributed by atoms with Gasteiger partial charge in [-0.15, -0.1) is 0 Å². The lowest BCUT2D eigenvalue weighted by molar-refractivity contribution is -0.118. The van der Waals surface area contributed by atoms with Gasteiger partial charge in [-0.25, -0.2) is 5.43 Å². The summed E-state index contributed by atoms with van der Waals surface area (Å²) in [6, 6.07) is -0.293. The molecule has 0 aromatic carbocycles. The third-order valence-corrected chi connectivity index (χ3v) is 1.24. The Morgan fingerprint density at radius 2 is 2.50 bits per heavy atom. The van der Waals surface area contributed by atoms with Gasteiger partial charge in [0.1, 0.15) is 5.78 Å². The monoisotopic (exact) mass is 134 g/mol. The van der Waals surface area contributed by atoms with Crippen molar-refractivity contribution in [3.8, 4) is 0 Å². The first kappa shape index (κ1) is 7.94. The highest BCUT2D eigenvalue weighted by molar-refractivity contribution is 7.80. The highest BCUT2D eigenvalue weighted by Crippen LogP contribution is 1.85. The summed E-state index contributed by atoms with van der Waals surface area (Å²) in [4.78, 5) is 10.4. The summed E-state index contributed by atoms with van der Waals surface area (Å²) in [5.41, 5.74) is 2.33. The van der Waals surface area contributed by atoms with Gasteiger partial charge in [0, 0.05) is 5.75 Å². The summed E-state index contributed by atoms with van der Waals surface area (Å²) in [6.45, 7) is 1.47. The zero-order valence-corrected chi connectivity index (χ0v) is 5.61. The van der Waals surface area contributed by atoms with Gasteiger partial charge < -0.3 is 0 Å². The molecule has 0 radical (unpaired) electrons. The van der Waals surface area contributed by atoms with Crippen LogP contribution >= 0.6 is 12.6 Å². The fraction of sp³-hybridized carbons (Fsp3) is 0.750. The van der Waals surface area contributed by atoms with Crippen LogP contribution in [0.2, 0.25) is 0 Å². The first-order valence-electron chi connectivity index (χ1n) is 2.29. The second-order valence-corrected chi connectivity index (χ2v) is 1.88. The van der Waals surface area contributed by atoms with Crippen LogP contribution in [-0.2, 0) is 4.79 Å². The van der Waals surface area contributed by atoms with E-state index in [0.29, 0.717) is 5.75 Å². The standard InChI is InChI=1S/C4H10N2OS/c1-3(7)4(2-8)6-5/h4,6,8H,2,5H2,1H3/t4-/m0/s1. The fourth-order valence-electron chi connectivity index (χ4n) is 0.299. The maximum atomic E-state index is 10.4. The average Bonchev–Trinajstić information content (AvgIpc) is 1.69. The molecule has 0 spiro atoms. The van der Waals surface area contributed by atoms with Crippen molar-refractivity contribution < 1.29 is 4.79 Å². The maximum absolute atomic E-state index is 10.4. The van der Waals surface area contributed by atoms with Crippen molar-refractivity contribution in [2.75, 3.05) is 5.75 Å². The molecule has 0 unspecified atom stereocenters.